The third kappa shape index (κ3) is 4.02. The fourth-order valence-electron chi connectivity index (χ4n) is 4.54. The topological polar surface area (TPSA) is 101 Å². The molecule has 1 fully saturated rings. The van der Waals surface area contributed by atoms with Gasteiger partial charge in [0.1, 0.15) is 0 Å². The van der Waals surface area contributed by atoms with Crippen molar-refractivity contribution in [1.82, 2.24) is 19.0 Å². The Hall–Kier alpha value is -4.51. The lowest BCUT2D eigenvalue weighted by Gasteiger charge is -2.19. The molecule has 174 valence electrons. The summed E-state index contributed by atoms with van der Waals surface area (Å²) in [5.74, 6) is -0.224. The van der Waals surface area contributed by atoms with Crippen LogP contribution in [-0.2, 0) is 6.54 Å². The van der Waals surface area contributed by atoms with Gasteiger partial charge < -0.3 is 4.90 Å². The summed E-state index contributed by atoms with van der Waals surface area (Å²) >= 11 is 0. The van der Waals surface area contributed by atoms with Crippen molar-refractivity contribution in [3.05, 3.63) is 104 Å². The van der Waals surface area contributed by atoms with Crippen molar-refractivity contribution in [2.24, 2.45) is 0 Å². The van der Waals surface area contributed by atoms with Crippen LogP contribution in [0.15, 0.2) is 70.3 Å². The van der Waals surface area contributed by atoms with Gasteiger partial charge in [-0.2, -0.15) is 5.26 Å². The maximum Gasteiger partial charge on any atom is 0.337 e. The molecule has 0 spiro atoms. The maximum atomic E-state index is 13.8. The normalized spacial score (nSPS) is 13.2. The number of rotatable bonds is 4. The molecule has 2 aromatic carbocycles. The summed E-state index contributed by atoms with van der Waals surface area (Å²) < 4.78 is 2.53. The highest BCUT2D eigenvalue weighted by molar-refractivity contribution is 6.05. The Morgan fingerprint density at radius 3 is 2.37 bits per heavy atom. The quantitative estimate of drug-likeness (QED) is 0.461. The lowest BCUT2D eigenvalue weighted by Crippen LogP contribution is -2.41. The minimum absolute atomic E-state index is 0.00261. The Bertz CT molecular complexity index is 1590. The number of carbonyl (C=O) groups is 1. The molecule has 1 amide bonds. The van der Waals surface area contributed by atoms with Crippen LogP contribution in [-0.4, -0.2) is 38.0 Å². The Morgan fingerprint density at radius 1 is 1.03 bits per heavy atom. The SMILES string of the molecule is Cc1cc(C(=O)N2CCCC2)c2c(=O)n(Cc3ccc(C#N)cc3)c(=O)n(-c3ccccc3)c2n1. The molecule has 0 bridgehead atoms. The molecular formula is C27H23N5O3. The number of hydrogen-bond acceptors (Lipinski definition) is 5. The second-order valence-corrected chi connectivity index (χ2v) is 8.66. The Balaban J connectivity index is 1.81. The molecule has 8 nitrogen and oxygen atoms in total. The number of aryl methyl sites for hydroxylation is 1. The average molecular weight is 466 g/mol. The third-order valence-corrected chi connectivity index (χ3v) is 6.28. The molecule has 0 atom stereocenters. The van der Waals surface area contributed by atoms with Crippen molar-refractivity contribution >= 4 is 16.9 Å². The average Bonchev–Trinajstić information content (AvgIpc) is 3.42. The summed E-state index contributed by atoms with van der Waals surface area (Å²) in [7, 11) is 0. The van der Waals surface area contributed by atoms with E-state index < -0.39 is 11.2 Å². The number of fused-ring (bicyclic) bond motifs is 1. The number of aromatic nitrogens is 3. The highest BCUT2D eigenvalue weighted by Crippen LogP contribution is 2.21. The number of nitriles is 1. The molecule has 0 N–H and O–H groups in total. The van der Waals surface area contributed by atoms with E-state index in [2.05, 4.69) is 11.1 Å². The summed E-state index contributed by atoms with van der Waals surface area (Å²) in [5.41, 5.74) is 1.60. The number of para-hydroxylation sites is 1. The van der Waals surface area contributed by atoms with E-state index in [1.807, 2.05) is 6.07 Å². The van der Waals surface area contributed by atoms with Gasteiger partial charge in [0.05, 0.1) is 34.8 Å². The first kappa shape index (κ1) is 22.3. The minimum atomic E-state index is -0.559. The van der Waals surface area contributed by atoms with Gasteiger partial charge in [-0.25, -0.2) is 14.3 Å². The van der Waals surface area contributed by atoms with Gasteiger partial charge in [-0.15, -0.1) is 0 Å². The molecule has 3 heterocycles. The zero-order chi connectivity index (χ0) is 24.5. The molecule has 5 rings (SSSR count). The second kappa shape index (κ2) is 9.03. The maximum absolute atomic E-state index is 13.8. The highest BCUT2D eigenvalue weighted by atomic mass is 16.2. The third-order valence-electron chi connectivity index (χ3n) is 6.28. The van der Waals surface area contributed by atoms with Crippen LogP contribution >= 0.6 is 0 Å². The van der Waals surface area contributed by atoms with E-state index in [0.717, 1.165) is 17.4 Å². The highest BCUT2D eigenvalue weighted by Gasteiger charge is 2.26. The van der Waals surface area contributed by atoms with Crippen molar-refractivity contribution in [3.63, 3.8) is 0 Å². The number of benzene rings is 2. The second-order valence-electron chi connectivity index (χ2n) is 8.66. The van der Waals surface area contributed by atoms with E-state index in [-0.39, 0.29) is 29.0 Å². The Kier molecular flexibility index (Phi) is 5.75. The predicted molar refractivity (Wildman–Crippen MR) is 132 cm³/mol. The number of amides is 1. The summed E-state index contributed by atoms with van der Waals surface area (Å²) in [4.78, 5) is 47.3. The Labute approximate surface area is 201 Å². The lowest BCUT2D eigenvalue weighted by atomic mass is 10.1. The van der Waals surface area contributed by atoms with Crippen molar-refractivity contribution in [1.29, 1.82) is 5.26 Å². The lowest BCUT2D eigenvalue weighted by molar-refractivity contribution is 0.0794. The number of hydrogen-bond donors (Lipinski definition) is 0. The van der Waals surface area contributed by atoms with Gasteiger partial charge in [0.2, 0.25) is 0 Å². The van der Waals surface area contributed by atoms with Crippen LogP contribution in [0, 0.1) is 18.3 Å². The zero-order valence-corrected chi connectivity index (χ0v) is 19.3. The molecular weight excluding hydrogens is 442 g/mol. The van der Waals surface area contributed by atoms with Gasteiger partial charge in [-0.1, -0.05) is 30.3 Å². The number of carbonyl (C=O) groups excluding carboxylic acids is 1. The zero-order valence-electron chi connectivity index (χ0n) is 19.3. The molecule has 4 aromatic rings. The molecule has 1 aliphatic heterocycles. The number of likely N-dealkylation sites (tertiary alicyclic amines) is 1. The first-order valence-electron chi connectivity index (χ1n) is 11.5. The summed E-state index contributed by atoms with van der Waals surface area (Å²) in [6.45, 7) is 3.03. The van der Waals surface area contributed by atoms with E-state index in [1.54, 1.807) is 66.4 Å². The van der Waals surface area contributed by atoms with Gasteiger partial charge in [0.15, 0.2) is 5.65 Å². The van der Waals surface area contributed by atoms with Crippen LogP contribution in [0.1, 0.15) is 40.0 Å². The largest absolute Gasteiger partial charge is 0.339 e. The number of pyridine rings is 1. The van der Waals surface area contributed by atoms with Crippen molar-refractivity contribution in [3.8, 4) is 11.8 Å². The smallest absolute Gasteiger partial charge is 0.337 e. The summed E-state index contributed by atoms with van der Waals surface area (Å²) in [5, 5.41) is 9.21. The molecule has 0 unspecified atom stereocenters. The molecule has 0 aliphatic carbocycles. The van der Waals surface area contributed by atoms with Crippen LogP contribution in [0.4, 0.5) is 0 Å². The van der Waals surface area contributed by atoms with Crippen LogP contribution in [0.3, 0.4) is 0 Å². The molecule has 1 aliphatic rings. The van der Waals surface area contributed by atoms with E-state index >= 15 is 0 Å². The van der Waals surface area contributed by atoms with E-state index in [9.17, 15) is 14.4 Å². The molecule has 8 heteroatoms. The summed E-state index contributed by atoms with van der Waals surface area (Å²) in [6, 6.07) is 19.4. The van der Waals surface area contributed by atoms with Crippen LogP contribution < -0.4 is 11.2 Å². The number of nitrogens with zero attached hydrogens (tertiary/aromatic N) is 5. The van der Waals surface area contributed by atoms with Crippen LogP contribution in [0.25, 0.3) is 16.7 Å². The van der Waals surface area contributed by atoms with Crippen molar-refractivity contribution < 1.29 is 4.79 Å². The van der Waals surface area contributed by atoms with Gasteiger partial charge in [0.25, 0.3) is 11.5 Å². The fourth-order valence-corrected chi connectivity index (χ4v) is 4.54. The van der Waals surface area contributed by atoms with E-state index in [1.165, 1.54) is 4.57 Å². The molecule has 1 saturated heterocycles. The summed E-state index contributed by atoms with van der Waals surface area (Å²) in [6.07, 6.45) is 1.84. The van der Waals surface area contributed by atoms with E-state index in [4.69, 9.17) is 5.26 Å². The van der Waals surface area contributed by atoms with E-state index in [0.29, 0.717) is 35.6 Å². The van der Waals surface area contributed by atoms with Crippen LogP contribution in [0.2, 0.25) is 0 Å². The van der Waals surface area contributed by atoms with Gasteiger partial charge >= 0.3 is 5.69 Å². The molecule has 2 aromatic heterocycles. The molecule has 0 radical (unpaired) electrons. The van der Waals surface area contributed by atoms with Crippen LogP contribution in [0.5, 0.6) is 0 Å². The monoisotopic (exact) mass is 465 g/mol. The Morgan fingerprint density at radius 2 is 1.71 bits per heavy atom. The minimum Gasteiger partial charge on any atom is -0.339 e. The van der Waals surface area contributed by atoms with Gasteiger partial charge in [0, 0.05) is 18.8 Å². The molecule has 0 saturated carbocycles. The first-order valence-corrected chi connectivity index (χ1v) is 11.5. The van der Waals surface area contributed by atoms with Crippen molar-refractivity contribution in [2.45, 2.75) is 26.3 Å². The van der Waals surface area contributed by atoms with Crippen molar-refractivity contribution in [2.75, 3.05) is 13.1 Å². The standard InChI is InChI=1S/C27H23N5O3/c1-18-15-22(25(33)30-13-5-6-14-30)23-24(29-18)32(21-7-3-2-4-8-21)27(35)31(26(23)34)17-20-11-9-19(16-28)10-12-20/h2-4,7-12,15H,5-6,13-14,17H2,1H3. The fraction of sp³-hybridized carbons (Fsp3) is 0.222. The predicted octanol–water partition coefficient (Wildman–Crippen LogP) is 3.01. The molecule has 35 heavy (non-hydrogen) atoms. The first-order chi connectivity index (χ1) is 17.0. The van der Waals surface area contributed by atoms with Gasteiger partial charge in [-0.05, 0) is 55.7 Å². The van der Waals surface area contributed by atoms with Gasteiger partial charge in [-0.3, -0.25) is 14.2 Å².